The zero-order valence-electron chi connectivity index (χ0n) is 12.2. The number of rotatable bonds is 5. The van der Waals surface area contributed by atoms with Gasteiger partial charge in [0.05, 0.1) is 22.8 Å². The van der Waals surface area contributed by atoms with Crippen LogP contribution in [0.25, 0.3) is 0 Å². The lowest BCUT2D eigenvalue weighted by Crippen LogP contribution is -2.21. The molecule has 0 aliphatic carbocycles. The second-order valence-electron chi connectivity index (χ2n) is 4.60. The predicted octanol–water partition coefficient (Wildman–Crippen LogP) is 3.97. The molecule has 5 nitrogen and oxygen atoms in total. The Morgan fingerprint density at radius 3 is 2.39 bits per heavy atom. The molecule has 0 aromatic heterocycles. The quantitative estimate of drug-likeness (QED) is 0.800. The number of ether oxygens (including phenoxy) is 1. The van der Waals surface area contributed by atoms with Gasteiger partial charge in [-0.2, -0.15) is 0 Å². The van der Waals surface area contributed by atoms with Gasteiger partial charge in [-0.3, -0.25) is 9.59 Å². The summed E-state index contributed by atoms with van der Waals surface area (Å²) < 4.78 is 5.13. The highest BCUT2D eigenvalue weighted by molar-refractivity contribution is 6.42. The lowest BCUT2D eigenvalue weighted by atomic mass is 10.2. The number of benzene rings is 2. The molecule has 2 N–H and O–H groups in total. The molecule has 2 aromatic carbocycles. The van der Waals surface area contributed by atoms with Gasteiger partial charge in [0, 0.05) is 5.69 Å². The van der Waals surface area contributed by atoms with E-state index in [4.69, 9.17) is 27.9 Å². The van der Waals surface area contributed by atoms with E-state index in [0.29, 0.717) is 27.2 Å². The fourth-order valence-electron chi connectivity index (χ4n) is 1.87. The van der Waals surface area contributed by atoms with Crippen LogP contribution in [0.15, 0.2) is 42.5 Å². The molecule has 7 heteroatoms. The van der Waals surface area contributed by atoms with Crippen LogP contribution in [0.5, 0.6) is 5.75 Å². The summed E-state index contributed by atoms with van der Waals surface area (Å²) in [4.78, 5) is 23.8. The van der Waals surface area contributed by atoms with Crippen LogP contribution >= 0.6 is 23.2 Å². The maximum atomic E-state index is 11.9. The molecule has 0 atom stereocenters. The van der Waals surface area contributed by atoms with Crippen molar-refractivity contribution in [1.29, 1.82) is 0 Å². The highest BCUT2D eigenvalue weighted by Crippen LogP contribution is 2.25. The van der Waals surface area contributed by atoms with E-state index in [0.717, 1.165) is 0 Å². The summed E-state index contributed by atoms with van der Waals surface area (Å²) in [7, 11) is 1.50. The molecule has 0 aliphatic rings. The molecule has 0 heterocycles. The molecule has 0 fully saturated rings. The Kier molecular flexibility index (Phi) is 5.84. The first-order chi connectivity index (χ1) is 11.0. The van der Waals surface area contributed by atoms with Crippen molar-refractivity contribution in [2.75, 3.05) is 17.7 Å². The molecule has 2 rings (SSSR count). The largest absolute Gasteiger partial charge is 0.495 e. The van der Waals surface area contributed by atoms with Crippen LogP contribution in [-0.2, 0) is 9.59 Å². The molecular formula is C16H14Cl2N2O3. The van der Waals surface area contributed by atoms with Crippen molar-refractivity contribution < 1.29 is 14.3 Å². The summed E-state index contributed by atoms with van der Waals surface area (Å²) in [6.07, 6.45) is -0.335. The first kappa shape index (κ1) is 17.1. The van der Waals surface area contributed by atoms with Crippen LogP contribution in [0, 0.1) is 0 Å². The second kappa shape index (κ2) is 7.85. The Balaban J connectivity index is 1.94. The highest BCUT2D eigenvalue weighted by atomic mass is 35.5. The molecule has 0 saturated heterocycles. The van der Waals surface area contributed by atoms with Crippen molar-refractivity contribution in [2.45, 2.75) is 6.42 Å². The lowest BCUT2D eigenvalue weighted by Gasteiger charge is -2.10. The first-order valence-corrected chi connectivity index (χ1v) is 7.43. The molecule has 0 saturated carbocycles. The zero-order chi connectivity index (χ0) is 16.8. The van der Waals surface area contributed by atoms with E-state index in [1.54, 1.807) is 36.4 Å². The third-order valence-corrected chi connectivity index (χ3v) is 3.64. The van der Waals surface area contributed by atoms with Gasteiger partial charge in [-0.25, -0.2) is 0 Å². The van der Waals surface area contributed by atoms with E-state index >= 15 is 0 Å². The summed E-state index contributed by atoms with van der Waals surface area (Å²) in [5, 5.41) is 5.92. The Labute approximate surface area is 143 Å². The summed E-state index contributed by atoms with van der Waals surface area (Å²) >= 11 is 11.7. The average molecular weight is 353 g/mol. The van der Waals surface area contributed by atoms with Gasteiger partial charge in [0.1, 0.15) is 12.2 Å². The van der Waals surface area contributed by atoms with Crippen molar-refractivity contribution >= 4 is 46.4 Å². The summed E-state index contributed by atoms with van der Waals surface area (Å²) in [5.41, 5.74) is 0.969. The van der Waals surface area contributed by atoms with E-state index in [9.17, 15) is 9.59 Å². The van der Waals surface area contributed by atoms with Crippen LogP contribution in [0.3, 0.4) is 0 Å². The molecule has 120 valence electrons. The van der Waals surface area contributed by atoms with Crippen LogP contribution in [0.4, 0.5) is 11.4 Å². The Morgan fingerprint density at radius 1 is 1.00 bits per heavy atom. The van der Waals surface area contributed by atoms with E-state index in [-0.39, 0.29) is 6.42 Å². The molecule has 0 spiro atoms. The third-order valence-electron chi connectivity index (χ3n) is 2.91. The fourth-order valence-corrected chi connectivity index (χ4v) is 2.17. The van der Waals surface area contributed by atoms with Crippen molar-refractivity contribution in [3.8, 4) is 5.75 Å². The van der Waals surface area contributed by atoms with E-state index in [2.05, 4.69) is 10.6 Å². The molecule has 0 unspecified atom stereocenters. The Bertz CT molecular complexity index is 735. The number of nitrogens with one attached hydrogen (secondary N) is 2. The molecule has 0 bridgehead atoms. The van der Waals surface area contributed by atoms with Crippen LogP contribution < -0.4 is 15.4 Å². The number of hydrogen-bond donors (Lipinski definition) is 2. The fraction of sp³-hybridized carbons (Fsp3) is 0.125. The number of hydrogen-bond acceptors (Lipinski definition) is 3. The monoisotopic (exact) mass is 352 g/mol. The van der Waals surface area contributed by atoms with Crippen molar-refractivity contribution in [3.05, 3.63) is 52.5 Å². The van der Waals surface area contributed by atoms with Gasteiger partial charge in [0.15, 0.2) is 0 Å². The van der Waals surface area contributed by atoms with Gasteiger partial charge < -0.3 is 15.4 Å². The number of para-hydroxylation sites is 2. The maximum Gasteiger partial charge on any atom is 0.233 e. The van der Waals surface area contributed by atoms with Gasteiger partial charge in [0.2, 0.25) is 11.8 Å². The van der Waals surface area contributed by atoms with Gasteiger partial charge in [-0.1, -0.05) is 35.3 Å². The number of anilines is 2. The Hall–Kier alpha value is -2.24. The summed E-state index contributed by atoms with van der Waals surface area (Å²) in [5.74, 6) is -0.395. The third kappa shape index (κ3) is 4.87. The van der Waals surface area contributed by atoms with Gasteiger partial charge >= 0.3 is 0 Å². The zero-order valence-corrected chi connectivity index (χ0v) is 13.7. The van der Waals surface area contributed by atoms with Crippen LogP contribution in [0.1, 0.15) is 6.42 Å². The minimum absolute atomic E-state index is 0.322. The van der Waals surface area contributed by atoms with E-state index in [1.807, 2.05) is 0 Å². The SMILES string of the molecule is COc1ccccc1NC(=O)CC(=O)Nc1ccc(Cl)c(Cl)c1. The lowest BCUT2D eigenvalue weighted by molar-refractivity contribution is -0.123. The number of halogens is 2. The van der Waals surface area contributed by atoms with Crippen molar-refractivity contribution in [2.24, 2.45) is 0 Å². The standard InChI is InChI=1S/C16H14Cl2N2O3/c1-23-14-5-3-2-4-13(14)20-16(22)9-15(21)19-10-6-7-11(17)12(18)8-10/h2-8H,9H2,1H3,(H,19,21)(H,20,22). The van der Waals surface area contributed by atoms with Gasteiger partial charge in [-0.15, -0.1) is 0 Å². The highest BCUT2D eigenvalue weighted by Gasteiger charge is 2.12. The smallest absolute Gasteiger partial charge is 0.233 e. The molecule has 2 aromatic rings. The van der Waals surface area contributed by atoms with E-state index in [1.165, 1.54) is 13.2 Å². The topological polar surface area (TPSA) is 67.4 Å². The van der Waals surface area contributed by atoms with Crippen LogP contribution in [-0.4, -0.2) is 18.9 Å². The van der Waals surface area contributed by atoms with E-state index < -0.39 is 11.8 Å². The minimum atomic E-state index is -0.462. The molecule has 2 amide bonds. The predicted molar refractivity (Wildman–Crippen MR) is 91.3 cm³/mol. The molecule has 0 radical (unpaired) electrons. The number of amides is 2. The average Bonchev–Trinajstić information content (AvgIpc) is 2.51. The van der Waals surface area contributed by atoms with Gasteiger partial charge in [-0.05, 0) is 30.3 Å². The Morgan fingerprint density at radius 2 is 1.70 bits per heavy atom. The summed E-state index contributed by atoms with van der Waals surface area (Å²) in [6, 6.07) is 11.6. The first-order valence-electron chi connectivity index (χ1n) is 6.67. The molecule has 23 heavy (non-hydrogen) atoms. The number of methoxy groups -OCH3 is 1. The molecule has 0 aliphatic heterocycles. The number of carbonyl (C=O) groups excluding carboxylic acids is 2. The van der Waals surface area contributed by atoms with Crippen LogP contribution in [0.2, 0.25) is 10.0 Å². The second-order valence-corrected chi connectivity index (χ2v) is 5.42. The van der Waals surface area contributed by atoms with Crippen molar-refractivity contribution in [3.63, 3.8) is 0 Å². The number of carbonyl (C=O) groups is 2. The normalized spacial score (nSPS) is 10.0. The maximum absolute atomic E-state index is 11.9. The van der Waals surface area contributed by atoms with Gasteiger partial charge in [0.25, 0.3) is 0 Å². The minimum Gasteiger partial charge on any atom is -0.495 e. The van der Waals surface area contributed by atoms with Crippen molar-refractivity contribution in [1.82, 2.24) is 0 Å². The molecular weight excluding hydrogens is 339 g/mol. The summed E-state index contributed by atoms with van der Waals surface area (Å²) in [6.45, 7) is 0.